The number of nitrogens with zero attached hydrogens (tertiary/aromatic N) is 5. The van der Waals surface area contributed by atoms with Crippen molar-refractivity contribution in [3.05, 3.63) is 64.7 Å². The number of halogens is 5. The van der Waals surface area contributed by atoms with E-state index in [-0.39, 0.29) is 18.7 Å². The zero-order chi connectivity index (χ0) is 27.1. The lowest BCUT2D eigenvalue weighted by atomic mass is 9.91. The van der Waals surface area contributed by atoms with E-state index in [9.17, 15) is 22.0 Å². The molecule has 12 heteroatoms. The minimum Gasteiger partial charge on any atom is -0.496 e. The zero-order valence-electron chi connectivity index (χ0n) is 20.9. The Morgan fingerprint density at radius 2 is 1.74 bits per heavy atom. The van der Waals surface area contributed by atoms with Gasteiger partial charge < -0.3 is 14.4 Å². The van der Waals surface area contributed by atoms with Crippen LogP contribution >= 0.6 is 0 Å². The number of hydrogen-bond donors (Lipinski definition) is 0. The molecule has 4 aliphatic heterocycles. The van der Waals surface area contributed by atoms with Gasteiger partial charge in [0.25, 0.3) is 5.92 Å². The minimum atomic E-state index is -4.82. The third kappa shape index (κ3) is 5.50. The van der Waals surface area contributed by atoms with E-state index >= 15 is 0 Å². The van der Waals surface area contributed by atoms with Crippen LogP contribution in [-0.2, 0) is 28.1 Å². The highest BCUT2D eigenvalue weighted by Crippen LogP contribution is 2.41. The summed E-state index contributed by atoms with van der Waals surface area (Å²) in [6.07, 6.45) is 0.382. The fourth-order valence-corrected chi connectivity index (χ4v) is 4.48. The molecule has 0 unspecified atom stereocenters. The first-order chi connectivity index (χ1) is 18.0. The Morgan fingerprint density at radius 1 is 1.00 bits per heavy atom. The summed E-state index contributed by atoms with van der Waals surface area (Å²) in [5.74, 6) is -2.42. The van der Waals surface area contributed by atoms with Crippen molar-refractivity contribution in [1.82, 2.24) is 19.7 Å². The molecule has 1 saturated heterocycles. The molecule has 1 aromatic carbocycles. The molecule has 4 heterocycles. The second kappa shape index (κ2) is 9.97. The summed E-state index contributed by atoms with van der Waals surface area (Å²) in [5, 5.41) is 4.37. The van der Waals surface area contributed by atoms with Crippen molar-refractivity contribution in [2.45, 2.75) is 38.9 Å². The highest BCUT2D eigenvalue weighted by Gasteiger charge is 2.37. The number of alkyl halides is 5. The van der Waals surface area contributed by atoms with Gasteiger partial charge in [-0.15, -0.1) is 0 Å². The molecule has 0 amide bonds. The summed E-state index contributed by atoms with van der Waals surface area (Å²) in [5.41, 5.74) is 0.221. The first-order valence-electron chi connectivity index (χ1n) is 12.1. The Hall–Kier alpha value is -3.54. The van der Waals surface area contributed by atoms with E-state index < -0.39 is 23.2 Å². The predicted octanol–water partition coefficient (Wildman–Crippen LogP) is 5.52. The summed E-state index contributed by atoms with van der Waals surface area (Å²) in [6.45, 7) is 5.27. The molecule has 0 atom stereocenters. The lowest BCUT2D eigenvalue weighted by molar-refractivity contribution is -0.138. The summed E-state index contributed by atoms with van der Waals surface area (Å²) >= 11 is 0. The molecule has 0 aromatic heterocycles. The molecular formula is C26H26F5N5O2. The standard InChI is InChI=1S/C26H26F5N5O2/c1-16-5-8-38-18(12-20(16)19-4-3-17(25(2,27)28)11-21(19)26(29,30)31)14-36-15-23-22(13-32-36)33-24(34-23)35-6-9-37-10-7-35/h3-4,11-13,15H,5-10,14H2,1-2H3. The van der Waals surface area contributed by atoms with Crippen molar-refractivity contribution >= 4 is 11.5 Å². The fraction of sp³-hybridized carbons (Fsp3) is 0.423. The van der Waals surface area contributed by atoms with Gasteiger partial charge in [-0.05, 0) is 30.2 Å². The van der Waals surface area contributed by atoms with Crippen molar-refractivity contribution in [2.24, 2.45) is 0 Å². The third-order valence-electron chi connectivity index (χ3n) is 6.57. The normalized spacial score (nSPS) is 17.4. The van der Waals surface area contributed by atoms with Gasteiger partial charge in [0.2, 0.25) is 5.95 Å². The van der Waals surface area contributed by atoms with Crippen LogP contribution in [0.15, 0.2) is 48.0 Å². The maximum atomic E-state index is 14.0. The number of hydrogen-bond acceptors (Lipinski definition) is 6. The van der Waals surface area contributed by atoms with Crippen LogP contribution in [-0.4, -0.2) is 52.7 Å². The number of fused-ring (bicyclic) bond motifs is 1. The molecule has 202 valence electrons. The molecule has 7 nitrogen and oxygen atoms in total. The predicted molar refractivity (Wildman–Crippen MR) is 130 cm³/mol. The highest BCUT2D eigenvalue weighted by molar-refractivity contribution is 5.79. The molecule has 0 aliphatic carbocycles. The second-order valence-electron chi connectivity index (χ2n) is 9.41. The van der Waals surface area contributed by atoms with E-state index in [0.717, 1.165) is 12.1 Å². The van der Waals surface area contributed by atoms with E-state index in [1.54, 1.807) is 24.0 Å². The third-order valence-corrected chi connectivity index (χ3v) is 6.57. The van der Waals surface area contributed by atoms with E-state index in [2.05, 4.69) is 15.1 Å². The number of aromatic nitrogens is 4. The maximum Gasteiger partial charge on any atom is 0.417 e. The number of benzene rings is 1. The van der Waals surface area contributed by atoms with Crippen LogP contribution in [0.1, 0.15) is 37.0 Å². The number of anilines is 1. The molecule has 4 aliphatic rings. The Labute approximate surface area is 215 Å². The number of ether oxygens (including phenoxy) is 2. The Morgan fingerprint density at radius 3 is 2.45 bits per heavy atom. The minimum absolute atomic E-state index is 0.138. The second-order valence-corrected chi connectivity index (χ2v) is 9.41. The van der Waals surface area contributed by atoms with Gasteiger partial charge in [-0.25, -0.2) is 18.7 Å². The van der Waals surface area contributed by atoms with Crippen LogP contribution in [0.4, 0.5) is 27.9 Å². The van der Waals surface area contributed by atoms with Crippen LogP contribution in [0.25, 0.3) is 17.0 Å². The van der Waals surface area contributed by atoms with Gasteiger partial charge in [-0.1, -0.05) is 17.7 Å². The van der Waals surface area contributed by atoms with Crippen LogP contribution in [0.2, 0.25) is 0 Å². The Balaban J connectivity index is 1.47. The van der Waals surface area contributed by atoms with E-state index in [1.165, 1.54) is 6.08 Å². The molecule has 1 aromatic rings. The summed E-state index contributed by atoms with van der Waals surface area (Å²) in [7, 11) is 0. The monoisotopic (exact) mass is 535 g/mol. The van der Waals surface area contributed by atoms with Gasteiger partial charge >= 0.3 is 6.18 Å². The lowest BCUT2D eigenvalue weighted by Gasteiger charge is -2.25. The van der Waals surface area contributed by atoms with Crippen molar-refractivity contribution in [3.8, 4) is 11.4 Å². The highest BCUT2D eigenvalue weighted by atomic mass is 19.4. The topological polar surface area (TPSA) is 65.3 Å². The van der Waals surface area contributed by atoms with Crippen LogP contribution < -0.4 is 4.90 Å². The van der Waals surface area contributed by atoms with Gasteiger partial charge in [0.15, 0.2) is 0 Å². The Bertz CT molecular complexity index is 1350. The van der Waals surface area contributed by atoms with Gasteiger partial charge in [-0.3, -0.25) is 4.68 Å². The largest absolute Gasteiger partial charge is 0.496 e. The van der Waals surface area contributed by atoms with Gasteiger partial charge in [0.05, 0.1) is 44.3 Å². The van der Waals surface area contributed by atoms with Gasteiger partial charge in [0.1, 0.15) is 17.1 Å². The number of morpholine rings is 1. The first kappa shape index (κ1) is 26.1. The van der Waals surface area contributed by atoms with E-state index in [4.69, 9.17) is 9.47 Å². The summed E-state index contributed by atoms with van der Waals surface area (Å²) < 4.78 is 82.4. The van der Waals surface area contributed by atoms with Crippen molar-refractivity contribution in [3.63, 3.8) is 0 Å². The molecule has 0 N–H and O–H groups in total. The molecule has 1 fully saturated rings. The molecule has 0 bridgehead atoms. The quantitative estimate of drug-likeness (QED) is 0.401. The summed E-state index contributed by atoms with van der Waals surface area (Å²) in [6, 6.07) is 2.67. The average Bonchev–Trinajstić information content (AvgIpc) is 3.21. The fourth-order valence-electron chi connectivity index (χ4n) is 4.48. The summed E-state index contributed by atoms with van der Waals surface area (Å²) in [4.78, 5) is 11.2. The van der Waals surface area contributed by atoms with Crippen LogP contribution in [0.3, 0.4) is 0 Å². The number of imidazole rings is 1. The molecule has 0 radical (unpaired) electrons. The van der Waals surface area contributed by atoms with Crippen LogP contribution in [0, 0.1) is 0 Å². The van der Waals surface area contributed by atoms with E-state index in [0.29, 0.717) is 80.0 Å². The molecule has 38 heavy (non-hydrogen) atoms. The van der Waals surface area contributed by atoms with Crippen molar-refractivity contribution < 1.29 is 31.4 Å². The van der Waals surface area contributed by atoms with E-state index in [1.807, 2.05) is 4.90 Å². The molecule has 5 rings (SSSR count). The number of rotatable bonds is 5. The van der Waals surface area contributed by atoms with Crippen LogP contribution in [0.5, 0.6) is 0 Å². The van der Waals surface area contributed by atoms with Crippen molar-refractivity contribution in [1.29, 1.82) is 0 Å². The van der Waals surface area contributed by atoms with Crippen molar-refractivity contribution in [2.75, 3.05) is 37.8 Å². The number of allylic oxidation sites excluding steroid dienone is 3. The average molecular weight is 536 g/mol. The SMILES string of the molecule is CC1=C(c2ccc(C(C)(F)F)cc2C(F)(F)F)C=C(Cn2cc3nc(N4CCOCC4)nc-3cn2)OCC1. The Kier molecular flexibility index (Phi) is 6.84. The maximum absolute atomic E-state index is 14.0. The molecular weight excluding hydrogens is 509 g/mol. The lowest BCUT2D eigenvalue weighted by Crippen LogP contribution is -2.36. The molecule has 0 saturated carbocycles. The smallest absolute Gasteiger partial charge is 0.417 e. The zero-order valence-corrected chi connectivity index (χ0v) is 20.9. The first-order valence-corrected chi connectivity index (χ1v) is 12.1. The van der Waals surface area contributed by atoms with Gasteiger partial charge in [0, 0.05) is 32.0 Å². The van der Waals surface area contributed by atoms with Gasteiger partial charge in [-0.2, -0.15) is 18.3 Å². The molecule has 0 spiro atoms.